The summed E-state index contributed by atoms with van der Waals surface area (Å²) < 4.78 is 0. The molecule has 0 spiro atoms. The third kappa shape index (κ3) is 5.49. The van der Waals surface area contributed by atoms with Gasteiger partial charge in [-0.3, -0.25) is 9.59 Å². The van der Waals surface area contributed by atoms with Crippen molar-refractivity contribution in [2.75, 3.05) is 33.5 Å². The molecule has 2 aromatic rings. The molecular formula is C38H56N4O4. The highest BCUT2D eigenvalue weighted by Crippen LogP contribution is 2.56. The van der Waals surface area contributed by atoms with Gasteiger partial charge in [0.05, 0.1) is 12.2 Å². The van der Waals surface area contributed by atoms with E-state index in [0.29, 0.717) is 11.4 Å². The molecule has 1 fully saturated rings. The fourth-order valence-electron chi connectivity index (χ4n) is 8.24. The van der Waals surface area contributed by atoms with Crippen LogP contribution in [0.2, 0.25) is 0 Å². The van der Waals surface area contributed by atoms with Crippen molar-refractivity contribution in [3.63, 3.8) is 0 Å². The van der Waals surface area contributed by atoms with Crippen molar-refractivity contribution in [1.29, 1.82) is 0 Å². The summed E-state index contributed by atoms with van der Waals surface area (Å²) in [5.41, 5.74) is 7.02. The van der Waals surface area contributed by atoms with Crippen LogP contribution < -0.4 is 20.4 Å². The van der Waals surface area contributed by atoms with E-state index in [2.05, 4.69) is 88.0 Å². The van der Waals surface area contributed by atoms with Crippen LogP contribution in [0.4, 0.5) is 22.7 Å². The molecule has 0 bridgehead atoms. The van der Waals surface area contributed by atoms with Gasteiger partial charge in [-0.2, -0.15) is 0 Å². The summed E-state index contributed by atoms with van der Waals surface area (Å²) in [5.74, 6) is -1.58. The molecule has 2 aliphatic heterocycles. The smallest absolute Gasteiger partial charge is 0.221 e. The lowest BCUT2D eigenvalue weighted by atomic mass is 9.61. The largest absolute Gasteiger partial charge is 0.392 e. The molecule has 2 amide bonds. The van der Waals surface area contributed by atoms with E-state index in [4.69, 9.17) is 0 Å². The van der Waals surface area contributed by atoms with Crippen LogP contribution >= 0.6 is 0 Å². The Hall–Kier alpha value is -3.10. The minimum Gasteiger partial charge on any atom is -0.392 e. The lowest BCUT2D eigenvalue weighted by molar-refractivity contribution is -0.115. The number of amides is 2. The van der Waals surface area contributed by atoms with Gasteiger partial charge >= 0.3 is 0 Å². The summed E-state index contributed by atoms with van der Waals surface area (Å²) in [6, 6.07) is 8.84. The molecule has 3 aliphatic rings. The number of hydrogen-bond acceptors (Lipinski definition) is 6. The first kappa shape index (κ1) is 34.2. The average Bonchev–Trinajstić information content (AvgIpc) is 3.27. The highest BCUT2D eigenvalue weighted by atomic mass is 16.3. The quantitative estimate of drug-likeness (QED) is 0.230. The number of nitrogens with zero attached hydrogens (tertiary/aromatic N) is 2. The molecule has 0 aromatic heterocycles. The predicted molar refractivity (Wildman–Crippen MR) is 188 cm³/mol. The summed E-state index contributed by atoms with van der Waals surface area (Å²) in [5, 5.41) is 30.0. The number of rotatable bonds is 10. The van der Waals surface area contributed by atoms with Crippen LogP contribution in [0, 0.1) is 0 Å². The van der Waals surface area contributed by atoms with E-state index < -0.39 is 24.0 Å². The summed E-state index contributed by atoms with van der Waals surface area (Å²) in [6.45, 7) is 22.7. The van der Waals surface area contributed by atoms with E-state index in [9.17, 15) is 19.8 Å². The number of carbonyl (C=O) groups excluding carboxylic acids is 2. The minimum atomic E-state index is -0.914. The molecule has 2 heterocycles. The first-order chi connectivity index (χ1) is 21.6. The van der Waals surface area contributed by atoms with Crippen LogP contribution in [0.3, 0.4) is 0 Å². The van der Waals surface area contributed by atoms with Gasteiger partial charge in [-0.15, -0.1) is 0 Å². The topological polar surface area (TPSA) is 105 Å². The van der Waals surface area contributed by atoms with Crippen molar-refractivity contribution in [1.82, 2.24) is 0 Å². The van der Waals surface area contributed by atoms with E-state index in [-0.39, 0.29) is 34.7 Å². The Morgan fingerprint density at radius 2 is 1.04 bits per heavy atom. The Morgan fingerprint density at radius 1 is 0.696 bits per heavy atom. The van der Waals surface area contributed by atoms with Gasteiger partial charge in [-0.05, 0) is 61.1 Å². The zero-order valence-corrected chi connectivity index (χ0v) is 29.6. The van der Waals surface area contributed by atoms with Crippen molar-refractivity contribution in [3.8, 4) is 0 Å². The lowest BCUT2D eigenvalue weighted by Gasteiger charge is -2.48. The van der Waals surface area contributed by atoms with Crippen molar-refractivity contribution in [3.05, 3.63) is 46.5 Å². The van der Waals surface area contributed by atoms with Crippen molar-refractivity contribution >= 4 is 34.6 Å². The second-order valence-electron chi connectivity index (χ2n) is 15.2. The van der Waals surface area contributed by atoms with E-state index in [0.717, 1.165) is 61.3 Å². The predicted octanol–water partition coefficient (Wildman–Crippen LogP) is 6.78. The van der Waals surface area contributed by atoms with E-state index in [1.54, 1.807) is 0 Å². The van der Waals surface area contributed by atoms with Gasteiger partial charge < -0.3 is 30.6 Å². The normalized spacial score (nSPS) is 27.2. The maximum absolute atomic E-state index is 12.4. The lowest BCUT2D eigenvalue weighted by Crippen LogP contribution is -2.52. The minimum absolute atomic E-state index is 0.157. The highest BCUT2D eigenvalue weighted by Gasteiger charge is 2.54. The van der Waals surface area contributed by atoms with Crippen molar-refractivity contribution < 1.29 is 19.8 Å². The Labute approximate surface area is 275 Å². The van der Waals surface area contributed by atoms with Crippen molar-refractivity contribution in [2.24, 2.45) is 0 Å². The van der Waals surface area contributed by atoms with E-state index >= 15 is 0 Å². The number of benzene rings is 2. The molecule has 0 saturated heterocycles. The van der Waals surface area contributed by atoms with Crippen LogP contribution in [0.5, 0.6) is 0 Å². The maximum Gasteiger partial charge on any atom is 0.221 e. The molecule has 2 aromatic carbocycles. The van der Waals surface area contributed by atoms with Crippen LogP contribution in [-0.2, 0) is 20.4 Å². The molecule has 0 radical (unpaired) electrons. The number of hydrogen-bond donors (Lipinski definition) is 4. The molecule has 252 valence electrons. The molecule has 1 aliphatic carbocycles. The maximum atomic E-state index is 12.4. The fourth-order valence-corrected chi connectivity index (χ4v) is 8.24. The standard InChI is InChI=1S/C38H56N4O4/c1-11-13-15-41-21(3)37(7,8)27-17-25(29(19-31(27)41)39-23(5)43)33-35(45)34(36(33)46)26-18-28-32(20-30(26)40-24(6)44)42(16-14-12-2)22(4)38(28,9)10/h17-22,33-36,45-46H,11-16H2,1-10H3,(H,39,43)(H,40,44). The monoisotopic (exact) mass is 632 g/mol. The molecule has 2 atom stereocenters. The number of anilines is 4. The van der Waals surface area contributed by atoms with Gasteiger partial charge in [-0.1, -0.05) is 66.5 Å². The molecule has 4 N–H and O–H groups in total. The Kier molecular flexibility index (Phi) is 9.30. The number of aliphatic hydroxyl groups is 2. The van der Waals surface area contributed by atoms with Crippen molar-refractivity contribution in [2.45, 2.75) is 142 Å². The molecule has 5 rings (SSSR count). The summed E-state index contributed by atoms with van der Waals surface area (Å²) in [7, 11) is 0. The van der Waals surface area contributed by atoms with E-state index in [1.165, 1.54) is 25.0 Å². The molecule has 1 saturated carbocycles. The third-order valence-electron chi connectivity index (χ3n) is 11.7. The van der Waals surface area contributed by atoms with Gasteiger partial charge in [0, 0.05) is 84.4 Å². The molecular weight excluding hydrogens is 576 g/mol. The first-order valence-electron chi connectivity index (χ1n) is 17.4. The molecule has 46 heavy (non-hydrogen) atoms. The van der Waals surface area contributed by atoms with Gasteiger partial charge in [-0.25, -0.2) is 0 Å². The van der Waals surface area contributed by atoms with Crippen LogP contribution in [0.25, 0.3) is 0 Å². The molecule has 8 heteroatoms. The third-order valence-corrected chi connectivity index (χ3v) is 11.7. The van der Waals surface area contributed by atoms with E-state index in [1.807, 2.05) is 12.1 Å². The Morgan fingerprint density at radius 3 is 1.35 bits per heavy atom. The van der Waals surface area contributed by atoms with Crippen LogP contribution in [0.15, 0.2) is 24.3 Å². The first-order valence-corrected chi connectivity index (χ1v) is 17.4. The number of unbranched alkanes of at least 4 members (excludes halogenated alkanes) is 2. The molecule has 2 unspecified atom stereocenters. The second-order valence-corrected chi connectivity index (χ2v) is 15.2. The molecule has 8 nitrogen and oxygen atoms in total. The second kappa shape index (κ2) is 12.5. The highest BCUT2D eigenvalue weighted by molar-refractivity contribution is 5.92. The number of carbonyl (C=O) groups is 2. The number of fused-ring (bicyclic) bond motifs is 2. The summed E-state index contributed by atoms with van der Waals surface area (Å²) in [6.07, 6.45) is 2.50. The number of aliphatic hydroxyl groups excluding tert-OH is 2. The zero-order valence-electron chi connectivity index (χ0n) is 29.6. The summed E-state index contributed by atoms with van der Waals surface area (Å²) >= 11 is 0. The van der Waals surface area contributed by atoms with Crippen LogP contribution in [0.1, 0.15) is 129 Å². The number of nitrogens with one attached hydrogen (secondary N) is 2. The van der Waals surface area contributed by atoms with Crippen LogP contribution in [-0.4, -0.2) is 59.4 Å². The summed E-state index contributed by atoms with van der Waals surface area (Å²) in [4.78, 5) is 29.7. The van der Waals surface area contributed by atoms with Gasteiger partial charge in [0.25, 0.3) is 0 Å². The average molecular weight is 633 g/mol. The van der Waals surface area contributed by atoms with Gasteiger partial charge in [0.15, 0.2) is 0 Å². The Bertz CT molecular complexity index is 1380. The fraction of sp³-hybridized carbons (Fsp3) is 0.632. The van der Waals surface area contributed by atoms with Gasteiger partial charge in [0.1, 0.15) is 0 Å². The Balaban J connectivity index is 1.58. The SMILES string of the molecule is CCCCN1c2cc(NC(C)=O)c(C3C(O)C(c4cc5c(cc4NC(C)=O)N(CCCC)C(C)C5(C)C)C3O)cc2C(C)(C)C1C. The zero-order chi connectivity index (χ0) is 33.9. The van der Waals surface area contributed by atoms with Gasteiger partial charge in [0.2, 0.25) is 11.8 Å².